The van der Waals surface area contributed by atoms with Gasteiger partial charge in [0.1, 0.15) is 4.88 Å². The standard InChI is InChI=1S/C22H15NO5S/c1-26-18-13-14(9-10-17(18)27-22(25)19-8-5-11-29-19)12-16-21(24)28-20(23-16)15-6-3-2-4-7-15/h2-13H,1H3. The molecule has 0 atom stereocenters. The first-order valence-corrected chi connectivity index (χ1v) is 9.54. The second kappa shape index (κ2) is 8.12. The van der Waals surface area contributed by atoms with E-state index in [9.17, 15) is 9.59 Å². The zero-order valence-corrected chi connectivity index (χ0v) is 16.1. The van der Waals surface area contributed by atoms with E-state index in [0.29, 0.717) is 16.2 Å². The van der Waals surface area contributed by atoms with E-state index in [2.05, 4.69) is 4.99 Å². The number of hydrogen-bond acceptors (Lipinski definition) is 7. The van der Waals surface area contributed by atoms with Crippen LogP contribution >= 0.6 is 11.3 Å². The first-order chi connectivity index (χ1) is 14.1. The molecule has 1 aliphatic rings. The molecule has 0 unspecified atom stereocenters. The van der Waals surface area contributed by atoms with Crippen molar-refractivity contribution in [2.24, 2.45) is 4.99 Å². The number of thiophene rings is 1. The van der Waals surface area contributed by atoms with Gasteiger partial charge in [0, 0.05) is 5.56 Å². The van der Waals surface area contributed by atoms with Crippen LogP contribution in [-0.4, -0.2) is 24.9 Å². The number of benzene rings is 2. The van der Waals surface area contributed by atoms with E-state index in [1.54, 1.807) is 41.8 Å². The summed E-state index contributed by atoms with van der Waals surface area (Å²) >= 11 is 1.30. The zero-order chi connectivity index (χ0) is 20.2. The van der Waals surface area contributed by atoms with Gasteiger partial charge in [-0.1, -0.05) is 30.3 Å². The van der Waals surface area contributed by atoms with Crippen molar-refractivity contribution in [1.82, 2.24) is 0 Å². The maximum absolute atomic E-state index is 12.2. The SMILES string of the molecule is COc1cc(C=C2N=C(c3ccccc3)OC2=O)ccc1OC(=O)c1cccs1. The molecule has 1 aromatic heterocycles. The molecular formula is C22H15NO5S. The van der Waals surface area contributed by atoms with Crippen LogP contribution in [0.5, 0.6) is 11.5 Å². The summed E-state index contributed by atoms with van der Waals surface area (Å²) in [6.45, 7) is 0. The van der Waals surface area contributed by atoms with Crippen LogP contribution < -0.4 is 9.47 Å². The molecule has 0 amide bonds. The third-order valence-corrected chi connectivity index (χ3v) is 4.91. The third-order valence-electron chi connectivity index (χ3n) is 4.06. The van der Waals surface area contributed by atoms with Gasteiger partial charge in [0.05, 0.1) is 7.11 Å². The smallest absolute Gasteiger partial charge is 0.363 e. The summed E-state index contributed by atoms with van der Waals surface area (Å²) < 4.78 is 16.0. The van der Waals surface area contributed by atoms with Crippen LogP contribution in [0, 0.1) is 0 Å². The molecule has 144 valence electrons. The molecule has 2 heterocycles. The van der Waals surface area contributed by atoms with Gasteiger partial charge < -0.3 is 14.2 Å². The van der Waals surface area contributed by atoms with E-state index in [0.717, 1.165) is 5.56 Å². The predicted octanol–water partition coefficient (Wildman–Crippen LogP) is 4.32. The Labute approximate surface area is 170 Å². The first-order valence-electron chi connectivity index (χ1n) is 8.66. The predicted molar refractivity (Wildman–Crippen MR) is 109 cm³/mol. The molecule has 0 bridgehead atoms. The second-order valence-corrected chi connectivity index (χ2v) is 6.93. The maximum Gasteiger partial charge on any atom is 0.363 e. The lowest BCUT2D eigenvalue weighted by Crippen LogP contribution is -2.07. The summed E-state index contributed by atoms with van der Waals surface area (Å²) in [7, 11) is 1.48. The number of ether oxygens (including phenoxy) is 3. The Morgan fingerprint density at radius 1 is 1.07 bits per heavy atom. The highest BCUT2D eigenvalue weighted by Gasteiger charge is 2.24. The Morgan fingerprint density at radius 2 is 1.90 bits per heavy atom. The normalized spacial score (nSPS) is 14.4. The van der Waals surface area contributed by atoms with Gasteiger partial charge in [0.15, 0.2) is 17.2 Å². The minimum atomic E-state index is -0.531. The Hall–Kier alpha value is -3.71. The molecule has 7 heteroatoms. The Bertz CT molecular complexity index is 1120. The lowest BCUT2D eigenvalue weighted by Gasteiger charge is -2.09. The van der Waals surface area contributed by atoms with Crippen LogP contribution in [0.3, 0.4) is 0 Å². The van der Waals surface area contributed by atoms with Crippen LogP contribution in [0.1, 0.15) is 20.8 Å². The van der Waals surface area contributed by atoms with Crippen LogP contribution in [0.4, 0.5) is 0 Å². The van der Waals surface area contributed by atoms with E-state index in [-0.39, 0.29) is 17.3 Å². The number of carbonyl (C=O) groups is 2. The largest absolute Gasteiger partial charge is 0.493 e. The molecule has 6 nitrogen and oxygen atoms in total. The molecule has 0 saturated carbocycles. The van der Waals surface area contributed by atoms with Crippen molar-refractivity contribution < 1.29 is 23.8 Å². The summed E-state index contributed by atoms with van der Waals surface area (Å²) in [5.74, 6) is -0.0781. The fraction of sp³-hybridized carbons (Fsp3) is 0.0455. The van der Waals surface area contributed by atoms with Gasteiger partial charge in [0.25, 0.3) is 0 Å². The van der Waals surface area contributed by atoms with Gasteiger partial charge in [-0.3, -0.25) is 0 Å². The number of carbonyl (C=O) groups excluding carboxylic acids is 2. The molecular weight excluding hydrogens is 390 g/mol. The molecule has 0 aliphatic carbocycles. The van der Waals surface area contributed by atoms with Crippen molar-refractivity contribution in [2.45, 2.75) is 0 Å². The van der Waals surface area contributed by atoms with Gasteiger partial charge in [-0.2, -0.15) is 0 Å². The molecule has 1 aliphatic heterocycles. The number of hydrogen-bond donors (Lipinski definition) is 0. The number of methoxy groups -OCH3 is 1. The fourth-order valence-electron chi connectivity index (χ4n) is 2.67. The Kier molecular flexibility index (Phi) is 5.22. The van der Waals surface area contributed by atoms with Crippen molar-refractivity contribution in [1.29, 1.82) is 0 Å². The zero-order valence-electron chi connectivity index (χ0n) is 15.3. The second-order valence-electron chi connectivity index (χ2n) is 5.98. The minimum absolute atomic E-state index is 0.175. The van der Waals surface area contributed by atoms with Crippen LogP contribution in [0.15, 0.2) is 76.7 Å². The van der Waals surface area contributed by atoms with Gasteiger partial charge >= 0.3 is 11.9 Å². The number of aliphatic imine (C=N–C) groups is 1. The summed E-state index contributed by atoms with van der Waals surface area (Å²) in [5, 5.41) is 1.80. The van der Waals surface area contributed by atoms with E-state index in [1.165, 1.54) is 18.4 Å². The highest BCUT2D eigenvalue weighted by molar-refractivity contribution is 7.12. The number of nitrogens with zero attached hydrogens (tertiary/aromatic N) is 1. The molecule has 29 heavy (non-hydrogen) atoms. The van der Waals surface area contributed by atoms with Crippen molar-refractivity contribution >= 4 is 35.2 Å². The van der Waals surface area contributed by atoms with E-state index < -0.39 is 11.9 Å². The number of cyclic esters (lactones) is 1. The van der Waals surface area contributed by atoms with Crippen LogP contribution in [-0.2, 0) is 9.53 Å². The van der Waals surface area contributed by atoms with E-state index in [1.807, 2.05) is 30.3 Å². The summed E-state index contributed by atoms with van der Waals surface area (Å²) in [6, 6.07) is 17.6. The van der Waals surface area contributed by atoms with Crippen molar-refractivity contribution in [3.05, 3.63) is 87.7 Å². The van der Waals surface area contributed by atoms with E-state index >= 15 is 0 Å². The topological polar surface area (TPSA) is 74.2 Å². The fourth-order valence-corrected chi connectivity index (χ4v) is 3.27. The monoisotopic (exact) mass is 405 g/mol. The molecule has 0 radical (unpaired) electrons. The number of esters is 2. The third kappa shape index (κ3) is 4.09. The number of rotatable bonds is 5. The lowest BCUT2D eigenvalue weighted by atomic mass is 10.1. The minimum Gasteiger partial charge on any atom is -0.493 e. The molecule has 3 aromatic rings. The summed E-state index contributed by atoms with van der Waals surface area (Å²) in [5.41, 5.74) is 1.55. The molecule has 4 rings (SSSR count). The lowest BCUT2D eigenvalue weighted by molar-refractivity contribution is -0.129. The first kappa shape index (κ1) is 18.6. The van der Waals surface area contributed by atoms with Crippen LogP contribution in [0.2, 0.25) is 0 Å². The highest BCUT2D eigenvalue weighted by Crippen LogP contribution is 2.30. The van der Waals surface area contributed by atoms with Crippen LogP contribution in [0.25, 0.3) is 6.08 Å². The van der Waals surface area contributed by atoms with Crippen molar-refractivity contribution in [3.63, 3.8) is 0 Å². The quantitative estimate of drug-likeness (QED) is 0.359. The molecule has 0 N–H and O–H groups in total. The maximum atomic E-state index is 12.2. The van der Waals surface area contributed by atoms with E-state index in [4.69, 9.17) is 14.2 Å². The van der Waals surface area contributed by atoms with Gasteiger partial charge in [0.2, 0.25) is 5.90 Å². The van der Waals surface area contributed by atoms with Crippen molar-refractivity contribution in [2.75, 3.05) is 7.11 Å². The van der Waals surface area contributed by atoms with Gasteiger partial charge in [-0.15, -0.1) is 11.3 Å². The highest BCUT2D eigenvalue weighted by atomic mass is 32.1. The Balaban J connectivity index is 1.58. The van der Waals surface area contributed by atoms with Crippen molar-refractivity contribution in [3.8, 4) is 11.5 Å². The Morgan fingerprint density at radius 3 is 2.62 bits per heavy atom. The van der Waals surface area contributed by atoms with Gasteiger partial charge in [-0.05, 0) is 47.4 Å². The van der Waals surface area contributed by atoms with Gasteiger partial charge in [-0.25, -0.2) is 14.6 Å². The average Bonchev–Trinajstić information content (AvgIpc) is 3.40. The molecule has 0 spiro atoms. The summed E-state index contributed by atoms with van der Waals surface area (Å²) in [4.78, 5) is 29.1. The average molecular weight is 405 g/mol. The molecule has 0 saturated heterocycles. The molecule has 2 aromatic carbocycles. The summed E-state index contributed by atoms with van der Waals surface area (Å²) in [6.07, 6.45) is 1.59. The molecule has 0 fully saturated rings.